The topological polar surface area (TPSA) is 119 Å². The van der Waals surface area contributed by atoms with Gasteiger partial charge in [-0.2, -0.15) is 0 Å². The number of methoxy groups -OCH3 is 1. The van der Waals surface area contributed by atoms with E-state index in [2.05, 4.69) is 15.4 Å². The van der Waals surface area contributed by atoms with Gasteiger partial charge >= 0.3 is 0 Å². The minimum atomic E-state index is -3.72. The van der Waals surface area contributed by atoms with Gasteiger partial charge in [0.2, 0.25) is 10.0 Å². The molecule has 0 spiro atoms. The molecule has 0 atom stereocenters. The number of nitrogens with one attached hydrogen (secondary N) is 3. The number of hydrogen-bond donors (Lipinski definition) is 3. The fourth-order valence-electron chi connectivity index (χ4n) is 2.97. The molecule has 0 unspecified atom stereocenters. The monoisotopic (exact) mass is 494 g/mol. The van der Waals surface area contributed by atoms with Gasteiger partial charge in [-0.25, -0.2) is 17.5 Å². The van der Waals surface area contributed by atoms with Gasteiger partial charge in [0.05, 0.1) is 18.4 Å². The highest BCUT2D eigenvalue weighted by molar-refractivity contribution is 7.89. The molecule has 1 aromatic heterocycles. The summed E-state index contributed by atoms with van der Waals surface area (Å²) in [5.74, 6) is -1.84. The van der Waals surface area contributed by atoms with Gasteiger partial charge in [-0.1, -0.05) is 11.6 Å². The van der Waals surface area contributed by atoms with E-state index in [1.165, 1.54) is 68.4 Å². The van der Waals surface area contributed by atoms with E-state index < -0.39 is 27.7 Å². The van der Waals surface area contributed by atoms with E-state index in [-0.39, 0.29) is 38.3 Å². The van der Waals surface area contributed by atoms with Crippen molar-refractivity contribution >= 4 is 44.8 Å². The van der Waals surface area contributed by atoms with Crippen LogP contribution in [-0.2, 0) is 17.1 Å². The molecule has 0 aliphatic carbocycles. The van der Waals surface area contributed by atoms with Crippen LogP contribution in [0.2, 0.25) is 5.02 Å². The first kappa shape index (κ1) is 24.2. The molecule has 9 nitrogen and oxygen atoms in total. The van der Waals surface area contributed by atoms with Gasteiger partial charge in [0.1, 0.15) is 22.2 Å². The molecule has 1 heterocycles. The summed E-state index contributed by atoms with van der Waals surface area (Å²) in [5, 5.41) is 5.33. The fourth-order valence-corrected chi connectivity index (χ4v) is 3.92. The number of amides is 2. The molecule has 0 radical (unpaired) electrons. The maximum Gasteiger partial charge on any atom is 0.272 e. The second-order valence-corrected chi connectivity index (χ2v) is 9.15. The summed E-state index contributed by atoms with van der Waals surface area (Å²) in [7, 11) is 0.468. The maximum atomic E-state index is 14.1. The second-order valence-electron chi connectivity index (χ2n) is 6.83. The molecule has 12 heteroatoms. The summed E-state index contributed by atoms with van der Waals surface area (Å²) in [6.07, 6.45) is 1.31. The van der Waals surface area contributed by atoms with Crippen molar-refractivity contribution in [3.8, 4) is 5.75 Å². The number of nitrogens with zero attached hydrogens (tertiary/aromatic N) is 1. The van der Waals surface area contributed by atoms with Crippen LogP contribution in [0.4, 0.5) is 15.8 Å². The Balaban J connectivity index is 1.85. The van der Waals surface area contributed by atoms with Gasteiger partial charge in [-0.05, 0) is 49.5 Å². The van der Waals surface area contributed by atoms with Gasteiger partial charge in [0.15, 0.2) is 0 Å². The molecule has 0 aliphatic heterocycles. The number of aryl methyl sites for hydroxylation is 1. The summed E-state index contributed by atoms with van der Waals surface area (Å²) >= 11 is 5.72. The molecule has 0 fully saturated rings. The molecule has 0 aliphatic rings. The molecular formula is C21H20ClFN4O5S. The van der Waals surface area contributed by atoms with Gasteiger partial charge in [-0.3, -0.25) is 9.59 Å². The van der Waals surface area contributed by atoms with Crippen LogP contribution in [0.25, 0.3) is 0 Å². The number of halogens is 2. The van der Waals surface area contributed by atoms with Crippen LogP contribution in [0, 0.1) is 5.82 Å². The number of ether oxygens (including phenoxy) is 1. The lowest BCUT2D eigenvalue weighted by Crippen LogP contribution is -2.18. The highest BCUT2D eigenvalue weighted by atomic mass is 35.5. The minimum Gasteiger partial charge on any atom is -0.495 e. The number of carbonyl (C=O) groups excluding carboxylic acids is 2. The number of aromatic nitrogens is 1. The molecule has 3 rings (SSSR count). The van der Waals surface area contributed by atoms with Crippen LogP contribution in [0.15, 0.2) is 53.6 Å². The number of anilines is 2. The van der Waals surface area contributed by atoms with Gasteiger partial charge < -0.3 is 19.9 Å². The smallest absolute Gasteiger partial charge is 0.272 e. The Bertz CT molecular complexity index is 1340. The Kier molecular flexibility index (Phi) is 7.06. The molecule has 0 saturated heterocycles. The molecule has 3 N–H and O–H groups in total. The SMILES string of the molecule is CNS(=O)(=O)c1cc(C(=O)Nc2ccc(OC)c(NC(=O)c3ccc(Cl)cc3F)c2)n(C)c1. The van der Waals surface area contributed by atoms with E-state index in [1.807, 2.05) is 0 Å². The summed E-state index contributed by atoms with van der Waals surface area (Å²) in [4.78, 5) is 25.2. The van der Waals surface area contributed by atoms with E-state index in [0.717, 1.165) is 6.07 Å². The summed E-state index contributed by atoms with van der Waals surface area (Å²) in [5.41, 5.74) is 0.332. The third-order valence-electron chi connectivity index (χ3n) is 4.67. The standard InChI is InChI=1S/C21H20ClFN4O5S/c1-24-33(30,31)14-10-18(27(2)11-14)21(29)25-13-5-7-19(32-3)17(9-13)26-20(28)15-6-4-12(22)8-16(15)23/h4-11,24H,1-3H3,(H,25,29)(H,26,28). The van der Waals surface area contributed by atoms with Crippen LogP contribution in [-0.4, -0.2) is 39.0 Å². The average molecular weight is 495 g/mol. The van der Waals surface area contributed by atoms with Gasteiger partial charge in [0, 0.05) is 24.0 Å². The summed E-state index contributed by atoms with van der Waals surface area (Å²) in [6.45, 7) is 0. The molecule has 0 bridgehead atoms. The molecule has 2 amide bonds. The molecular weight excluding hydrogens is 475 g/mol. The molecule has 2 aromatic carbocycles. The Hall–Kier alpha value is -3.41. The minimum absolute atomic E-state index is 0.0645. The maximum absolute atomic E-state index is 14.1. The quantitative estimate of drug-likeness (QED) is 0.466. The fraction of sp³-hybridized carbons (Fsp3) is 0.143. The lowest BCUT2D eigenvalue weighted by atomic mass is 10.2. The molecule has 0 saturated carbocycles. The second kappa shape index (κ2) is 9.61. The highest BCUT2D eigenvalue weighted by Crippen LogP contribution is 2.29. The zero-order chi connectivity index (χ0) is 24.3. The van der Waals surface area contributed by atoms with Gasteiger partial charge in [-0.15, -0.1) is 0 Å². The lowest BCUT2D eigenvalue weighted by molar-refractivity contribution is 0.101. The number of carbonyl (C=O) groups is 2. The van der Waals surface area contributed by atoms with E-state index in [4.69, 9.17) is 16.3 Å². The third-order valence-corrected chi connectivity index (χ3v) is 6.29. The van der Waals surface area contributed by atoms with E-state index in [0.29, 0.717) is 0 Å². The largest absolute Gasteiger partial charge is 0.495 e. The van der Waals surface area contributed by atoms with Crippen LogP contribution in [0.1, 0.15) is 20.8 Å². The number of benzene rings is 2. The first-order chi connectivity index (χ1) is 15.6. The molecule has 3 aromatic rings. The third kappa shape index (κ3) is 5.33. The normalized spacial score (nSPS) is 11.2. The van der Waals surface area contributed by atoms with Crippen LogP contribution >= 0.6 is 11.6 Å². The van der Waals surface area contributed by atoms with Crippen molar-refractivity contribution in [3.63, 3.8) is 0 Å². The van der Waals surface area contributed by atoms with E-state index >= 15 is 0 Å². The predicted molar refractivity (Wildman–Crippen MR) is 122 cm³/mol. The Morgan fingerprint density at radius 1 is 1.06 bits per heavy atom. The first-order valence-electron chi connectivity index (χ1n) is 9.41. The highest BCUT2D eigenvalue weighted by Gasteiger charge is 2.20. The summed E-state index contributed by atoms with van der Waals surface area (Å²) < 4.78 is 46.8. The van der Waals surface area contributed by atoms with Crippen molar-refractivity contribution in [2.24, 2.45) is 7.05 Å². The number of hydrogen-bond acceptors (Lipinski definition) is 5. The van der Waals surface area contributed by atoms with Crippen molar-refractivity contribution in [1.29, 1.82) is 0 Å². The Morgan fingerprint density at radius 3 is 2.42 bits per heavy atom. The van der Waals surface area contributed by atoms with Crippen molar-refractivity contribution in [1.82, 2.24) is 9.29 Å². The van der Waals surface area contributed by atoms with Crippen LogP contribution in [0.3, 0.4) is 0 Å². The van der Waals surface area contributed by atoms with Crippen molar-refractivity contribution in [2.75, 3.05) is 24.8 Å². The van der Waals surface area contributed by atoms with Crippen molar-refractivity contribution in [2.45, 2.75) is 4.90 Å². The first-order valence-corrected chi connectivity index (χ1v) is 11.3. The van der Waals surface area contributed by atoms with E-state index in [1.54, 1.807) is 0 Å². The Labute approximate surface area is 194 Å². The van der Waals surface area contributed by atoms with Crippen molar-refractivity contribution in [3.05, 3.63) is 70.8 Å². The predicted octanol–water partition coefficient (Wildman–Crippen LogP) is 3.24. The summed E-state index contributed by atoms with van der Waals surface area (Å²) in [6, 6.07) is 9.35. The van der Waals surface area contributed by atoms with Crippen LogP contribution in [0.5, 0.6) is 5.75 Å². The zero-order valence-electron chi connectivity index (χ0n) is 17.8. The van der Waals surface area contributed by atoms with Crippen molar-refractivity contribution < 1.29 is 27.1 Å². The van der Waals surface area contributed by atoms with Gasteiger partial charge in [0.25, 0.3) is 11.8 Å². The van der Waals surface area contributed by atoms with Crippen LogP contribution < -0.4 is 20.1 Å². The number of sulfonamides is 1. The van der Waals surface area contributed by atoms with E-state index in [9.17, 15) is 22.4 Å². The lowest BCUT2D eigenvalue weighted by Gasteiger charge is -2.13. The number of rotatable bonds is 7. The Morgan fingerprint density at radius 2 is 1.79 bits per heavy atom. The molecule has 33 heavy (non-hydrogen) atoms. The molecule has 174 valence electrons. The zero-order valence-corrected chi connectivity index (χ0v) is 19.3. The average Bonchev–Trinajstić information content (AvgIpc) is 3.16.